The van der Waals surface area contributed by atoms with Crippen molar-refractivity contribution >= 4 is 0 Å². The molecule has 0 radical (unpaired) electrons. The van der Waals surface area contributed by atoms with E-state index >= 15 is 0 Å². The first-order valence-electron chi connectivity index (χ1n) is 3.61. The van der Waals surface area contributed by atoms with Gasteiger partial charge in [-0.2, -0.15) is 0 Å². The third kappa shape index (κ3) is 1.26. The zero-order valence-corrected chi connectivity index (χ0v) is 6.52. The van der Waals surface area contributed by atoms with E-state index in [-0.39, 0.29) is 0 Å². The molecule has 1 aliphatic rings. The SMILES string of the molecule is CC1=CCCC(C)N1C. The van der Waals surface area contributed by atoms with Gasteiger partial charge in [-0.25, -0.2) is 0 Å². The van der Waals surface area contributed by atoms with E-state index in [4.69, 9.17) is 0 Å². The Morgan fingerprint density at radius 2 is 2.33 bits per heavy atom. The first kappa shape index (κ1) is 6.66. The highest BCUT2D eigenvalue weighted by molar-refractivity contribution is 5.02. The summed E-state index contributed by atoms with van der Waals surface area (Å²) in [6, 6.07) is 0.745. The zero-order valence-electron chi connectivity index (χ0n) is 6.52. The number of hydrogen-bond acceptors (Lipinski definition) is 1. The van der Waals surface area contributed by atoms with Gasteiger partial charge < -0.3 is 4.90 Å². The molecule has 1 heteroatoms. The van der Waals surface area contributed by atoms with Crippen LogP contribution in [-0.2, 0) is 0 Å². The van der Waals surface area contributed by atoms with E-state index in [1.54, 1.807) is 0 Å². The summed E-state index contributed by atoms with van der Waals surface area (Å²) < 4.78 is 0. The van der Waals surface area contributed by atoms with Crippen LogP contribution in [0.3, 0.4) is 0 Å². The van der Waals surface area contributed by atoms with Gasteiger partial charge in [-0.3, -0.25) is 0 Å². The van der Waals surface area contributed by atoms with Crippen LogP contribution in [0.25, 0.3) is 0 Å². The van der Waals surface area contributed by atoms with Crippen LogP contribution in [0.2, 0.25) is 0 Å². The minimum atomic E-state index is 0.745. The van der Waals surface area contributed by atoms with Crippen molar-refractivity contribution in [2.75, 3.05) is 7.05 Å². The number of allylic oxidation sites excluding steroid dienone is 2. The summed E-state index contributed by atoms with van der Waals surface area (Å²) >= 11 is 0. The fraction of sp³-hybridized carbons (Fsp3) is 0.750. The lowest BCUT2D eigenvalue weighted by atomic mass is 10.1. The monoisotopic (exact) mass is 125 g/mol. The first-order valence-corrected chi connectivity index (χ1v) is 3.61. The van der Waals surface area contributed by atoms with Gasteiger partial charge in [-0.15, -0.1) is 0 Å². The highest BCUT2D eigenvalue weighted by Crippen LogP contribution is 2.17. The van der Waals surface area contributed by atoms with Crippen LogP contribution in [0, 0.1) is 0 Å². The van der Waals surface area contributed by atoms with Gasteiger partial charge in [0, 0.05) is 18.8 Å². The van der Waals surface area contributed by atoms with Crippen LogP contribution in [0.4, 0.5) is 0 Å². The van der Waals surface area contributed by atoms with Crippen molar-refractivity contribution < 1.29 is 0 Å². The summed E-state index contributed by atoms with van der Waals surface area (Å²) in [5.74, 6) is 0. The second-order valence-electron chi connectivity index (χ2n) is 2.88. The molecule has 1 unspecified atom stereocenters. The molecule has 0 amide bonds. The van der Waals surface area contributed by atoms with Crippen molar-refractivity contribution in [1.29, 1.82) is 0 Å². The third-order valence-electron chi connectivity index (χ3n) is 2.24. The molecule has 0 fully saturated rings. The molecule has 1 rings (SSSR count). The molecule has 9 heavy (non-hydrogen) atoms. The Labute approximate surface area is 57.4 Å². The highest BCUT2D eigenvalue weighted by Gasteiger charge is 2.11. The van der Waals surface area contributed by atoms with Crippen molar-refractivity contribution in [3.8, 4) is 0 Å². The van der Waals surface area contributed by atoms with Crippen LogP contribution >= 0.6 is 0 Å². The molecule has 0 aromatic heterocycles. The quantitative estimate of drug-likeness (QED) is 0.478. The maximum atomic E-state index is 2.34. The van der Waals surface area contributed by atoms with Gasteiger partial charge in [0.05, 0.1) is 0 Å². The van der Waals surface area contributed by atoms with Crippen molar-refractivity contribution in [1.82, 2.24) is 4.90 Å². The van der Waals surface area contributed by atoms with E-state index in [9.17, 15) is 0 Å². The summed E-state index contributed by atoms with van der Waals surface area (Å²) in [5, 5.41) is 0. The Kier molecular flexibility index (Phi) is 1.79. The fourth-order valence-corrected chi connectivity index (χ4v) is 1.22. The molecule has 1 aliphatic heterocycles. The van der Waals surface area contributed by atoms with E-state index in [1.165, 1.54) is 18.5 Å². The van der Waals surface area contributed by atoms with Crippen LogP contribution in [-0.4, -0.2) is 18.0 Å². The molecule has 1 nitrogen and oxygen atoms in total. The molecule has 0 aromatic carbocycles. The first-order chi connectivity index (χ1) is 4.22. The molecule has 1 atom stereocenters. The molecule has 0 saturated carbocycles. The van der Waals surface area contributed by atoms with Gasteiger partial charge in [0.2, 0.25) is 0 Å². The number of nitrogens with zero attached hydrogens (tertiary/aromatic N) is 1. The van der Waals surface area contributed by atoms with Gasteiger partial charge in [0.1, 0.15) is 0 Å². The summed E-state index contributed by atoms with van der Waals surface area (Å²) in [6.45, 7) is 4.45. The summed E-state index contributed by atoms with van der Waals surface area (Å²) in [5.41, 5.74) is 1.42. The molecule has 0 aromatic rings. The van der Waals surface area contributed by atoms with E-state index in [2.05, 4.69) is 31.9 Å². The van der Waals surface area contributed by atoms with E-state index in [0.717, 1.165) is 6.04 Å². The normalized spacial score (nSPS) is 28.1. The third-order valence-corrected chi connectivity index (χ3v) is 2.24. The lowest BCUT2D eigenvalue weighted by molar-refractivity contribution is 0.291. The zero-order chi connectivity index (χ0) is 6.85. The minimum Gasteiger partial charge on any atom is -0.376 e. The maximum absolute atomic E-state index is 2.34. The average Bonchev–Trinajstić information content (AvgIpc) is 1.83. The minimum absolute atomic E-state index is 0.745. The molecule has 52 valence electrons. The van der Waals surface area contributed by atoms with Crippen molar-refractivity contribution in [3.05, 3.63) is 11.8 Å². The summed E-state index contributed by atoms with van der Waals surface area (Å²) in [6.07, 6.45) is 4.88. The molecule has 0 aliphatic carbocycles. The Morgan fingerprint density at radius 3 is 2.78 bits per heavy atom. The maximum Gasteiger partial charge on any atom is 0.0258 e. The molecular weight excluding hydrogens is 110 g/mol. The Hall–Kier alpha value is -0.460. The second-order valence-corrected chi connectivity index (χ2v) is 2.88. The number of hydrogen-bond donors (Lipinski definition) is 0. The van der Waals surface area contributed by atoms with Crippen LogP contribution in [0.1, 0.15) is 26.7 Å². The van der Waals surface area contributed by atoms with E-state index < -0.39 is 0 Å². The van der Waals surface area contributed by atoms with Crippen molar-refractivity contribution in [3.63, 3.8) is 0 Å². The average molecular weight is 125 g/mol. The van der Waals surface area contributed by atoms with Gasteiger partial charge in [0.15, 0.2) is 0 Å². The lowest BCUT2D eigenvalue weighted by Gasteiger charge is -2.31. The van der Waals surface area contributed by atoms with E-state index in [0.29, 0.717) is 0 Å². The van der Waals surface area contributed by atoms with E-state index in [1.807, 2.05) is 0 Å². The lowest BCUT2D eigenvalue weighted by Crippen LogP contribution is -2.29. The predicted molar refractivity (Wildman–Crippen MR) is 40.2 cm³/mol. The highest BCUT2D eigenvalue weighted by atomic mass is 15.1. The van der Waals surface area contributed by atoms with Crippen molar-refractivity contribution in [2.45, 2.75) is 32.7 Å². The van der Waals surface area contributed by atoms with Gasteiger partial charge in [-0.05, 0) is 26.7 Å². The second kappa shape index (κ2) is 2.42. The molecular formula is C8H15N. The Morgan fingerprint density at radius 1 is 1.67 bits per heavy atom. The van der Waals surface area contributed by atoms with Gasteiger partial charge in [-0.1, -0.05) is 6.08 Å². The standard InChI is InChI=1S/C8H15N/c1-7-5-4-6-8(2)9(7)3/h5,8H,4,6H2,1-3H3. The molecule has 0 saturated heterocycles. The molecule has 0 spiro atoms. The van der Waals surface area contributed by atoms with Crippen molar-refractivity contribution in [2.24, 2.45) is 0 Å². The molecule has 1 heterocycles. The van der Waals surface area contributed by atoms with Crippen LogP contribution in [0.15, 0.2) is 11.8 Å². The summed E-state index contributed by atoms with van der Waals surface area (Å²) in [4.78, 5) is 2.34. The predicted octanol–water partition coefficient (Wildman–Crippen LogP) is 2.00. The fourth-order valence-electron chi connectivity index (χ4n) is 1.22. The summed E-state index contributed by atoms with van der Waals surface area (Å²) in [7, 11) is 2.16. The van der Waals surface area contributed by atoms with Crippen LogP contribution in [0.5, 0.6) is 0 Å². The Balaban J connectivity index is 2.62. The largest absolute Gasteiger partial charge is 0.376 e. The van der Waals surface area contributed by atoms with Crippen LogP contribution < -0.4 is 0 Å². The number of rotatable bonds is 0. The topological polar surface area (TPSA) is 3.24 Å². The smallest absolute Gasteiger partial charge is 0.0258 e. The molecule has 0 bridgehead atoms. The molecule has 0 N–H and O–H groups in total. The van der Waals surface area contributed by atoms with Gasteiger partial charge in [0.25, 0.3) is 0 Å². The Bertz CT molecular complexity index is 127. The van der Waals surface area contributed by atoms with Gasteiger partial charge >= 0.3 is 0 Å².